The number of aliphatic hydroxyl groups is 1. The van der Waals surface area contributed by atoms with Crippen molar-refractivity contribution in [3.63, 3.8) is 0 Å². The first-order chi connectivity index (χ1) is 9.11. The molecule has 2 rings (SSSR count). The number of aryl methyl sites for hydroxylation is 2. The zero-order chi connectivity index (χ0) is 13.8. The van der Waals surface area contributed by atoms with Gasteiger partial charge in [0.25, 0.3) is 0 Å². The Morgan fingerprint density at radius 2 is 2.26 bits per heavy atom. The van der Waals surface area contributed by atoms with Crippen molar-refractivity contribution in [2.24, 2.45) is 5.92 Å². The lowest BCUT2D eigenvalue weighted by atomic mass is 9.87. The lowest BCUT2D eigenvalue weighted by Crippen LogP contribution is -2.29. The third-order valence-electron chi connectivity index (χ3n) is 3.93. The lowest BCUT2D eigenvalue weighted by molar-refractivity contribution is 0.100. The summed E-state index contributed by atoms with van der Waals surface area (Å²) in [4.78, 5) is 0. The number of aliphatic hydroxyl groups excluding tert-OH is 1. The van der Waals surface area contributed by atoms with Crippen molar-refractivity contribution in [1.29, 1.82) is 0 Å². The highest BCUT2D eigenvalue weighted by molar-refractivity contribution is 9.10. The fraction of sp³-hybridized carbons (Fsp3) is 0.786. The molecule has 1 heterocycles. The van der Waals surface area contributed by atoms with Crippen LogP contribution < -0.4 is 5.32 Å². The first-order valence-electron chi connectivity index (χ1n) is 7.22. The molecule has 0 amide bonds. The summed E-state index contributed by atoms with van der Waals surface area (Å²) in [6, 6.07) is 0. The van der Waals surface area contributed by atoms with Gasteiger partial charge in [-0.3, -0.25) is 4.68 Å². The predicted molar refractivity (Wildman–Crippen MR) is 80.0 cm³/mol. The molecule has 0 aromatic carbocycles. The Hall–Kier alpha value is -0.390. The van der Waals surface area contributed by atoms with E-state index in [1.54, 1.807) is 0 Å². The van der Waals surface area contributed by atoms with Gasteiger partial charge in [0.05, 0.1) is 22.0 Å². The summed E-state index contributed by atoms with van der Waals surface area (Å²) in [6.45, 7) is 6.85. The van der Waals surface area contributed by atoms with Crippen molar-refractivity contribution in [3.05, 3.63) is 15.9 Å². The number of halogens is 1. The molecule has 108 valence electrons. The zero-order valence-corrected chi connectivity index (χ0v) is 13.4. The Labute approximate surface area is 123 Å². The van der Waals surface area contributed by atoms with Crippen molar-refractivity contribution >= 4 is 15.9 Å². The molecule has 19 heavy (non-hydrogen) atoms. The van der Waals surface area contributed by atoms with Crippen molar-refractivity contribution in [2.75, 3.05) is 6.54 Å². The van der Waals surface area contributed by atoms with Gasteiger partial charge in [-0.05, 0) is 61.5 Å². The third kappa shape index (κ3) is 3.80. The molecule has 1 aromatic rings. The Morgan fingerprint density at radius 1 is 1.47 bits per heavy atom. The standard InChI is InChI=1S/C14H24BrN3O/c1-3-18-13(14(15)10(2)17-18)9-16-8-11-5-4-6-12(19)7-11/h11-12,16,19H,3-9H2,1-2H3. The zero-order valence-electron chi connectivity index (χ0n) is 11.8. The second-order valence-corrected chi connectivity index (χ2v) is 6.27. The van der Waals surface area contributed by atoms with Crippen molar-refractivity contribution in [1.82, 2.24) is 15.1 Å². The van der Waals surface area contributed by atoms with Crippen LogP contribution in [0.4, 0.5) is 0 Å². The van der Waals surface area contributed by atoms with Crippen LogP contribution in [0.5, 0.6) is 0 Å². The van der Waals surface area contributed by atoms with Gasteiger partial charge in [0, 0.05) is 13.1 Å². The van der Waals surface area contributed by atoms with Gasteiger partial charge in [-0.1, -0.05) is 6.42 Å². The van der Waals surface area contributed by atoms with Crippen molar-refractivity contribution in [3.8, 4) is 0 Å². The minimum atomic E-state index is -0.0873. The Morgan fingerprint density at radius 3 is 2.95 bits per heavy atom. The number of nitrogens with zero attached hydrogens (tertiary/aromatic N) is 2. The lowest BCUT2D eigenvalue weighted by Gasteiger charge is -2.26. The SMILES string of the molecule is CCn1nc(C)c(Br)c1CNCC1CCCC(O)C1. The van der Waals surface area contributed by atoms with Gasteiger partial charge in [-0.25, -0.2) is 0 Å². The average molecular weight is 330 g/mol. The van der Waals surface area contributed by atoms with E-state index in [0.717, 1.165) is 49.1 Å². The molecule has 4 nitrogen and oxygen atoms in total. The Kier molecular flexibility index (Phi) is 5.42. The summed E-state index contributed by atoms with van der Waals surface area (Å²) in [6.07, 6.45) is 4.22. The van der Waals surface area contributed by atoms with Crippen LogP contribution >= 0.6 is 15.9 Å². The molecular weight excluding hydrogens is 306 g/mol. The Balaban J connectivity index is 1.85. The molecule has 0 bridgehead atoms. The van der Waals surface area contributed by atoms with E-state index in [9.17, 15) is 5.11 Å². The maximum absolute atomic E-state index is 9.68. The minimum Gasteiger partial charge on any atom is -0.393 e. The van der Waals surface area contributed by atoms with E-state index in [1.165, 1.54) is 12.1 Å². The number of rotatable bonds is 5. The van der Waals surface area contributed by atoms with Gasteiger partial charge < -0.3 is 10.4 Å². The first-order valence-corrected chi connectivity index (χ1v) is 8.01. The molecule has 2 N–H and O–H groups in total. The number of nitrogens with one attached hydrogen (secondary N) is 1. The summed E-state index contributed by atoms with van der Waals surface area (Å²) in [5.74, 6) is 0.613. The van der Waals surface area contributed by atoms with E-state index in [0.29, 0.717) is 5.92 Å². The number of hydrogen-bond donors (Lipinski definition) is 2. The van der Waals surface area contributed by atoms with Gasteiger partial charge in [-0.15, -0.1) is 0 Å². The van der Waals surface area contributed by atoms with Gasteiger partial charge in [0.2, 0.25) is 0 Å². The van der Waals surface area contributed by atoms with Crippen LogP contribution in [0.15, 0.2) is 4.47 Å². The van der Waals surface area contributed by atoms with E-state index in [2.05, 4.69) is 33.3 Å². The molecule has 2 atom stereocenters. The molecule has 1 aromatic heterocycles. The molecule has 1 saturated carbocycles. The van der Waals surface area contributed by atoms with E-state index < -0.39 is 0 Å². The van der Waals surface area contributed by atoms with Gasteiger partial charge in [-0.2, -0.15) is 5.10 Å². The van der Waals surface area contributed by atoms with Crippen LogP contribution in [0.25, 0.3) is 0 Å². The van der Waals surface area contributed by atoms with Gasteiger partial charge >= 0.3 is 0 Å². The molecule has 1 aliphatic rings. The molecule has 0 aliphatic heterocycles. The highest BCUT2D eigenvalue weighted by Crippen LogP contribution is 2.24. The van der Waals surface area contributed by atoms with Crippen molar-refractivity contribution < 1.29 is 5.11 Å². The minimum absolute atomic E-state index is 0.0873. The summed E-state index contributed by atoms with van der Waals surface area (Å²) in [5, 5.41) is 17.7. The smallest absolute Gasteiger partial charge is 0.0739 e. The molecule has 1 aliphatic carbocycles. The highest BCUT2D eigenvalue weighted by atomic mass is 79.9. The molecular formula is C14H24BrN3O. The second kappa shape index (κ2) is 6.86. The van der Waals surface area contributed by atoms with Crippen LogP contribution in [0.1, 0.15) is 44.0 Å². The van der Waals surface area contributed by atoms with Gasteiger partial charge in [0.1, 0.15) is 0 Å². The summed E-state index contributed by atoms with van der Waals surface area (Å²) >= 11 is 3.61. The van der Waals surface area contributed by atoms with Crippen LogP contribution in [0.3, 0.4) is 0 Å². The fourth-order valence-corrected chi connectivity index (χ4v) is 3.30. The second-order valence-electron chi connectivity index (χ2n) is 5.48. The fourth-order valence-electron chi connectivity index (χ4n) is 2.88. The maximum atomic E-state index is 9.68. The third-order valence-corrected chi connectivity index (χ3v) is 4.96. The average Bonchev–Trinajstić information content (AvgIpc) is 2.66. The normalized spacial score (nSPS) is 23.8. The maximum Gasteiger partial charge on any atom is 0.0739 e. The topological polar surface area (TPSA) is 50.1 Å². The Bertz CT molecular complexity index is 419. The number of aromatic nitrogens is 2. The van der Waals surface area contributed by atoms with Crippen LogP contribution in [-0.2, 0) is 13.1 Å². The van der Waals surface area contributed by atoms with E-state index in [-0.39, 0.29) is 6.10 Å². The van der Waals surface area contributed by atoms with E-state index in [4.69, 9.17) is 0 Å². The van der Waals surface area contributed by atoms with Gasteiger partial charge in [0.15, 0.2) is 0 Å². The molecule has 2 unspecified atom stereocenters. The molecule has 0 spiro atoms. The molecule has 1 fully saturated rings. The quantitative estimate of drug-likeness (QED) is 0.873. The largest absolute Gasteiger partial charge is 0.393 e. The molecule has 0 radical (unpaired) electrons. The summed E-state index contributed by atoms with van der Waals surface area (Å²) < 4.78 is 3.16. The van der Waals surface area contributed by atoms with Crippen LogP contribution in [-0.4, -0.2) is 27.5 Å². The summed E-state index contributed by atoms with van der Waals surface area (Å²) in [7, 11) is 0. The monoisotopic (exact) mass is 329 g/mol. The van der Waals surface area contributed by atoms with E-state index >= 15 is 0 Å². The molecule has 0 saturated heterocycles. The first kappa shape index (κ1) is 15.0. The van der Waals surface area contributed by atoms with Crippen molar-refractivity contribution in [2.45, 2.75) is 58.7 Å². The van der Waals surface area contributed by atoms with Crippen LogP contribution in [0, 0.1) is 12.8 Å². The predicted octanol–water partition coefficient (Wildman–Crippen LogP) is 2.61. The molecule has 5 heteroatoms. The van der Waals surface area contributed by atoms with E-state index in [1.807, 2.05) is 11.6 Å². The highest BCUT2D eigenvalue weighted by Gasteiger charge is 2.20. The van der Waals surface area contributed by atoms with Crippen LogP contribution in [0.2, 0.25) is 0 Å². The summed E-state index contributed by atoms with van der Waals surface area (Å²) in [5.41, 5.74) is 2.27. The number of hydrogen-bond acceptors (Lipinski definition) is 3.